The van der Waals surface area contributed by atoms with Crippen molar-refractivity contribution in [2.75, 3.05) is 5.75 Å². The molecule has 0 radical (unpaired) electrons. The number of unbranched alkanes of at least 4 members (excludes halogenated alkanes) is 6. The number of benzene rings is 1. The maximum Gasteiger partial charge on any atom is 0.309 e. The molecule has 0 saturated heterocycles. The molecule has 0 heterocycles. The Kier molecular flexibility index (Phi) is 9.21. The van der Waals surface area contributed by atoms with Crippen molar-refractivity contribution in [3.05, 3.63) is 29.8 Å². The number of hydrogen-bond acceptors (Lipinski definition) is 3. The standard InChI is InChI=1S/C18H30O3S/c1-3-5-6-7-8-9-10-13-17-14-11-12-15-18(17)21-22(19,20)16-4-2/h11-12,14-15H,3-10,13,16H2,1-2H3. The average molecular weight is 327 g/mol. The molecule has 0 spiro atoms. The summed E-state index contributed by atoms with van der Waals surface area (Å²) in [5.74, 6) is 0.570. The summed E-state index contributed by atoms with van der Waals surface area (Å²) in [4.78, 5) is 0. The molecule has 0 aliphatic rings. The van der Waals surface area contributed by atoms with E-state index >= 15 is 0 Å². The van der Waals surface area contributed by atoms with Crippen molar-refractivity contribution in [3.63, 3.8) is 0 Å². The van der Waals surface area contributed by atoms with Gasteiger partial charge in [-0.2, -0.15) is 8.42 Å². The second kappa shape index (κ2) is 10.7. The quantitative estimate of drug-likeness (QED) is 0.396. The molecule has 0 atom stereocenters. The van der Waals surface area contributed by atoms with Gasteiger partial charge in [0.2, 0.25) is 0 Å². The molecule has 22 heavy (non-hydrogen) atoms. The molecule has 1 aromatic carbocycles. The van der Waals surface area contributed by atoms with Crippen LogP contribution in [0.15, 0.2) is 24.3 Å². The number of aryl methyl sites for hydroxylation is 1. The largest absolute Gasteiger partial charge is 0.382 e. The van der Waals surface area contributed by atoms with Crippen LogP contribution in [-0.4, -0.2) is 14.2 Å². The summed E-state index contributed by atoms with van der Waals surface area (Å²) >= 11 is 0. The Bertz CT molecular complexity index is 509. The first-order chi connectivity index (χ1) is 10.6. The third kappa shape index (κ3) is 7.83. The zero-order valence-corrected chi connectivity index (χ0v) is 14.8. The minimum atomic E-state index is -3.45. The van der Waals surface area contributed by atoms with Gasteiger partial charge in [-0.3, -0.25) is 0 Å². The van der Waals surface area contributed by atoms with Gasteiger partial charge >= 0.3 is 10.1 Å². The van der Waals surface area contributed by atoms with Crippen LogP contribution in [-0.2, 0) is 16.5 Å². The van der Waals surface area contributed by atoms with Crippen molar-refractivity contribution in [2.45, 2.75) is 71.6 Å². The van der Waals surface area contributed by atoms with Crippen molar-refractivity contribution >= 4 is 10.1 Å². The molecule has 1 aromatic rings. The van der Waals surface area contributed by atoms with Crippen LogP contribution in [0.25, 0.3) is 0 Å². The van der Waals surface area contributed by atoms with Crippen LogP contribution in [0.4, 0.5) is 0 Å². The van der Waals surface area contributed by atoms with Crippen LogP contribution in [0, 0.1) is 0 Å². The lowest BCUT2D eigenvalue weighted by Gasteiger charge is -2.11. The molecule has 1 rings (SSSR count). The lowest BCUT2D eigenvalue weighted by atomic mass is 10.0. The van der Waals surface area contributed by atoms with Crippen LogP contribution >= 0.6 is 0 Å². The molecular formula is C18H30O3S. The lowest BCUT2D eigenvalue weighted by Crippen LogP contribution is -2.14. The van der Waals surface area contributed by atoms with Crippen LogP contribution in [0.3, 0.4) is 0 Å². The summed E-state index contributed by atoms with van der Waals surface area (Å²) in [5, 5.41) is 0. The Labute approximate surface area is 136 Å². The highest BCUT2D eigenvalue weighted by Gasteiger charge is 2.13. The van der Waals surface area contributed by atoms with Crippen LogP contribution in [0.1, 0.15) is 70.8 Å². The van der Waals surface area contributed by atoms with E-state index in [1.165, 1.54) is 38.5 Å². The molecule has 0 saturated carbocycles. The zero-order chi connectivity index (χ0) is 16.3. The molecule has 0 amide bonds. The van der Waals surface area contributed by atoms with Crippen LogP contribution in [0.2, 0.25) is 0 Å². The highest BCUT2D eigenvalue weighted by Crippen LogP contribution is 2.22. The van der Waals surface area contributed by atoms with Gasteiger partial charge in [-0.15, -0.1) is 0 Å². The van der Waals surface area contributed by atoms with Crippen molar-refractivity contribution in [1.82, 2.24) is 0 Å². The van der Waals surface area contributed by atoms with Gasteiger partial charge in [0, 0.05) is 0 Å². The molecule has 0 aliphatic heterocycles. The first-order valence-electron chi connectivity index (χ1n) is 8.59. The summed E-state index contributed by atoms with van der Waals surface area (Å²) in [6.45, 7) is 4.06. The third-order valence-electron chi connectivity index (χ3n) is 3.69. The smallest absolute Gasteiger partial charge is 0.309 e. The molecule has 0 aromatic heterocycles. The summed E-state index contributed by atoms with van der Waals surface area (Å²) in [5.41, 5.74) is 0.996. The fourth-order valence-electron chi connectivity index (χ4n) is 2.49. The molecule has 0 unspecified atom stereocenters. The van der Waals surface area contributed by atoms with Gasteiger partial charge < -0.3 is 4.18 Å². The van der Waals surface area contributed by atoms with Crippen LogP contribution in [0.5, 0.6) is 5.75 Å². The fraction of sp³-hybridized carbons (Fsp3) is 0.667. The van der Waals surface area contributed by atoms with Crippen molar-refractivity contribution < 1.29 is 12.6 Å². The van der Waals surface area contributed by atoms with Gasteiger partial charge in [0.25, 0.3) is 0 Å². The van der Waals surface area contributed by atoms with E-state index in [4.69, 9.17) is 4.18 Å². The van der Waals surface area contributed by atoms with E-state index in [1.807, 2.05) is 25.1 Å². The van der Waals surface area contributed by atoms with E-state index in [0.29, 0.717) is 12.2 Å². The minimum absolute atomic E-state index is 0.0682. The second-order valence-electron chi connectivity index (χ2n) is 5.82. The van der Waals surface area contributed by atoms with E-state index in [1.54, 1.807) is 6.07 Å². The summed E-state index contributed by atoms with van der Waals surface area (Å²) in [6, 6.07) is 7.48. The molecule has 0 fully saturated rings. The predicted octanol–water partition coefficient (Wildman–Crippen LogP) is 5.10. The van der Waals surface area contributed by atoms with Crippen LogP contribution < -0.4 is 4.18 Å². The van der Waals surface area contributed by atoms with Gasteiger partial charge in [-0.25, -0.2) is 0 Å². The summed E-state index contributed by atoms with van der Waals surface area (Å²) in [7, 11) is -3.45. The number of hydrogen-bond donors (Lipinski definition) is 0. The highest BCUT2D eigenvalue weighted by atomic mass is 32.2. The number of rotatable bonds is 12. The molecule has 0 bridgehead atoms. The van der Waals surface area contributed by atoms with Gasteiger partial charge in [0.05, 0.1) is 5.75 Å². The number of para-hydroxylation sites is 1. The van der Waals surface area contributed by atoms with Gasteiger partial charge in [-0.1, -0.05) is 70.6 Å². The molecular weight excluding hydrogens is 296 g/mol. The Morgan fingerprint density at radius 3 is 2.18 bits per heavy atom. The SMILES string of the molecule is CCCCCCCCCc1ccccc1OS(=O)(=O)CCC. The minimum Gasteiger partial charge on any atom is -0.382 e. The van der Waals surface area contributed by atoms with Gasteiger partial charge in [0.15, 0.2) is 0 Å². The Morgan fingerprint density at radius 2 is 1.50 bits per heavy atom. The van der Waals surface area contributed by atoms with Gasteiger partial charge in [0.1, 0.15) is 5.75 Å². The van der Waals surface area contributed by atoms with E-state index in [2.05, 4.69) is 6.92 Å². The summed E-state index contributed by atoms with van der Waals surface area (Å²) < 4.78 is 28.9. The third-order valence-corrected chi connectivity index (χ3v) is 5.03. The fourth-order valence-corrected chi connectivity index (χ4v) is 3.51. The monoisotopic (exact) mass is 326 g/mol. The molecule has 0 aliphatic carbocycles. The maximum absolute atomic E-state index is 11.8. The van der Waals surface area contributed by atoms with Crippen molar-refractivity contribution in [3.8, 4) is 5.75 Å². The van der Waals surface area contributed by atoms with E-state index in [0.717, 1.165) is 18.4 Å². The van der Waals surface area contributed by atoms with Crippen molar-refractivity contribution in [2.24, 2.45) is 0 Å². The second-order valence-corrected chi connectivity index (χ2v) is 7.51. The van der Waals surface area contributed by atoms with Crippen molar-refractivity contribution in [1.29, 1.82) is 0 Å². The Balaban J connectivity index is 2.44. The molecule has 0 N–H and O–H groups in total. The average Bonchev–Trinajstić information content (AvgIpc) is 2.47. The Morgan fingerprint density at radius 1 is 0.864 bits per heavy atom. The highest BCUT2D eigenvalue weighted by molar-refractivity contribution is 7.87. The topological polar surface area (TPSA) is 43.4 Å². The zero-order valence-electron chi connectivity index (χ0n) is 14.0. The Hall–Kier alpha value is -1.03. The molecule has 4 heteroatoms. The van der Waals surface area contributed by atoms with Gasteiger partial charge in [-0.05, 0) is 30.9 Å². The first-order valence-corrected chi connectivity index (χ1v) is 10.2. The summed E-state index contributed by atoms with van der Waals surface area (Å²) in [6.07, 6.45) is 10.2. The lowest BCUT2D eigenvalue weighted by molar-refractivity contribution is 0.480. The maximum atomic E-state index is 11.8. The molecule has 3 nitrogen and oxygen atoms in total. The normalized spacial score (nSPS) is 11.5. The van der Waals surface area contributed by atoms with E-state index < -0.39 is 10.1 Å². The first kappa shape index (κ1) is 19.0. The predicted molar refractivity (Wildman–Crippen MR) is 92.8 cm³/mol. The van der Waals surface area contributed by atoms with E-state index in [9.17, 15) is 8.42 Å². The molecule has 126 valence electrons. The van der Waals surface area contributed by atoms with E-state index in [-0.39, 0.29) is 5.75 Å².